The molecular formula is C13H13BrClN3O2S. The zero-order chi connectivity index (χ0) is 15.6. The second kappa shape index (κ2) is 6.31. The molecule has 112 valence electrons. The third-order valence-electron chi connectivity index (χ3n) is 2.83. The van der Waals surface area contributed by atoms with Gasteiger partial charge in [-0.2, -0.15) is 0 Å². The van der Waals surface area contributed by atoms with Gasteiger partial charge in [0.05, 0.1) is 4.90 Å². The van der Waals surface area contributed by atoms with Gasteiger partial charge in [-0.25, -0.2) is 13.4 Å². The topological polar surface area (TPSA) is 85.1 Å². The summed E-state index contributed by atoms with van der Waals surface area (Å²) >= 11 is 9.24. The van der Waals surface area contributed by atoms with E-state index < -0.39 is 10.0 Å². The SMILES string of the molecule is Cc1cc(NS(=O)(=O)c2ccc(Cl)c(CN)c2)ncc1Br. The Balaban J connectivity index is 2.35. The fourth-order valence-electron chi connectivity index (χ4n) is 1.67. The molecule has 1 aromatic heterocycles. The summed E-state index contributed by atoms with van der Waals surface area (Å²) in [5, 5.41) is 0.439. The van der Waals surface area contributed by atoms with Crippen molar-refractivity contribution in [1.82, 2.24) is 4.98 Å². The summed E-state index contributed by atoms with van der Waals surface area (Å²) in [6.45, 7) is 2.01. The van der Waals surface area contributed by atoms with Crippen LogP contribution in [0, 0.1) is 6.92 Å². The molecule has 1 aromatic carbocycles. The number of nitrogens with one attached hydrogen (secondary N) is 1. The zero-order valence-corrected chi connectivity index (χ0v) is 14.3. The van der Waals surface area contributed by atoms with Crippen LogP contribution in [0.25, 0.3) is 0 Å². The highest BCUT2D eigenvalue weighted by molar-refractivity contribution is 9.10. The molecule has 0 amide bonds. The van der Waals surface area contributed by atoms with Crippen molar-refractivity contribution in [2.45, 2.75) is 18.4 Å². The van der Waals surface area contributed by atoms with E-state index in [0.717, 1.165) is 10.0 Å². The van der Waals surface area contributed by atoms with Gasteiger partial charge < -0.3 is 5.73 Å². The van der Waals surface area contributed by atoms with Crippen molar-refractivity contribution in [3.63, 3.8) is 0 Å². The molecular weight excluding hydrogens is 378 g/mol. The maximum absolute atomic E-state index is 12.3. The minimum absolute atomic E-state index is 0.0923. The van der Waals surface area contributed by atoms with Gasteiger partial charge in [0.15, 0.2) is 0 Å². The highest BCUT2D eigenvalue weighted by Gasteiger charge is 2.16. The summed E-state index contributed by atoms with van der Waals surface area (Å²) in [6, 6.07) is 6.03. The maximum atomic E-state index is 12.3. The van der Waals surface area contributed by atoms with E-state index in [1.54, 1.807) is 12.3 Å². The largest absolute Gasteiger partial charge is 0.326 e. The lowest BCUT2D eigenvalue weighted by molar-refractivity contribution is 0.601. The summed E-state index contributed by atoms with van der Waals surface area (Å²) in [7, 11) is -3.73. The predicted molar refractivity (Wildman–Crippen MR) is 86.8 cm³/mol. The molecule has 8 heteroatoms. The Hall–Kier alpha value is -1.15. The van der Waals surface area contributed by atoms with Crippen molar-refractivity contribution in [3.05, 3.63) is 51.1 Å². The molecule has 5 nitrogen and oxygen atoms in total. The van der Waals surface area contributed by atoms with Gasteiger partial charge in [0, 0.05) is 22.2 Å². The smallest absolute Gasteiger partial charge is 0.263 e. The van der Waals surface area contributed by atoms with Crippen molar-refractivity contribution in [3.8, 4) is 0 Å². The number of pyridine rings is 1. The summed E-state index contributed by atoms with van der Waals surface area (Å²) in [6.07, 6.45) is 1.54. The van der Waals surface area contributed by atoms with E-state index in [1.807, 2.05) is 6.92 Å². The van der Waals surface area contributed by atoms with Crippen LogP contribution in [0.15, 0.2) is 39.8 Å². The second-order valence-electron chi connectivity index (χ2n) is 4.38. The fraction of sp³-hybridized carbons (Fsp3) is 0.154. The van der Waals surface area contributed by atoms with Crippen LogP contribution in [-0.4, -0.2) is 13.4 Å². The van der Waals surface area contributed by atoms with E-state index in [1.165, 1.54) is 18.2 Å². The van der Waals surface area contributed by atoms with E-state index in [4.69, 9.17) is 17.3 Å². The van der Waals surface area contributed by atoms with Crippen LogP contribution in [0.1, 0.15) is 11.1 Å². The maximum Gasteiger partial charge on any atom is 0.263 e. The molecule has 0 aliphatic rings. The summed E-state index contributed by atoms with van der Waals surface area (Å²) in [5.74, 6) is 0.250. The lowest BCUT2D eigenvalue weighted by Gasteiger charge is -2.10. The molecule has 0 fully saturated rings. The third kappa shape index (κ3) is 3.74. The van der Waals surface area contributed by atoms with Crippen molar-refractivity contribution < 1.29 is 8.42 Å². The standard InChI is InChI=1S/C13H13BrClN3O2S/c1-8-4-13(17-7-11(8)14)18-21(19,20)10-2-3-12(15)9(5-10)6-16/h2-5,7H,6,16H2,1H3,(H,17,18). The Labute approximate surface area is 136 Å². The fourth-order valence-corrected chi connectivity index (χ4v) is 3.13. The van der Waals surface area contributed by atoms with E-state index >= 15 is 0 Å². The molecule has 2 rings (SSSR count). The van der Waals surface area contributed by atoms with E-state index in [9.17, 15) is 8.42 Å². The molecule has 0 saturated heterocycles. The summed E-state index contributed by atoms with van der Waals surface area (Å²) in [5.41, 5.74) is 6.98. The Morgan fingerprint density at radius 3 is 2.71 bits per heavy atom. The number of aryl methyl sites for hydroxylation is 1. The zero-order valence-electron chi connectivity index (χ0n) is 11.1. The molecule has 0 spiro atoms. The van der Waals surface area contributed by atoms with Gasteiger partial charge in [0.1, 0.15) is 5.82 Å². The number of halogens is 2. The molecule has 0 unspecified atom stereocenters. The predicted octanol–water partition coefficient (Wildman–Crippen LogP) is 3.07. The van der Waals surface area contributed by atoms with Crippen molar-refractivity contribution in [2.75, 3.05) is 4.72 Å². The third-order valence-corrected chi connectivity index (χ3v) is 5.38. The lowest BCUT2D eigenvalue weighted by atomic mass is 10.2. The number of hydrogen-bond donors (Lipinski definition) is 2. The molecule has 3 N–H and O–H groups in total. The molecule has 0 atom stereocenters. The molecule has 0 aliphatic carbocycles. The average Bonchev–Trinajstić information content (AvgIpc) is 2.43. The summed E-state index contributed by atoms with van der Waals surface area (Å²) < 4.78 is 27.9. The summed E-state index contributed by atoms with van der Waals surface area (Å²) in [4.78, 5) is 4.11. The lowest BCUT2D eigenvalue weighted by Crippen LogP contribution is -2.14. The highest BCUT2D eigenvalue weighted by Crippen LogP contribution is 2.23. The number of hydrogen-bond acceptors (Lipinski definition) is 4. The average molecular weight is 391 g/mol. The first kappa shape index (κ1) is 16.2. The van der Waals surface area contributed by atoms with Gasteiger partial charge in [-0.15, -0.1) is 0 Å². The molecule has 0 bridgehead atoms. The van der Waals surface area contributed by atoms with Gasteiger partial charge in [0.25, 0.3) is 10.0 Å². The molecule has 0 aliphatic heterocycles. The van der Waals surface area contributed by atoms with Crippen LogP contribution in [0.3, 0.4) is 0 Å². The number of sulfonamides is 1. The van der Waals surface area contributed by atoms with Gasteiger partial charge in [-0.05, 0) is 58.2 Å². The quantitative estimate of drug-likeness (QED) is 0.840. The van der Waals surface area contributed by atoms with E-state index in [-0.39, 0.29) is 17.3 Å². The minimum Gasteiger partial charge on any atom is -0.326 e. The number of aromatic nitrogens is 1. The van der Waals surface area contributed by atoms with Gasteiger partial charge in [-0.3, -0.25) is 4.72 Å². The molecule has 0 saturated carbocycles. The number of rotatable bonds is 4. The van der Waals surface area contributed by atoms with Crippen LogP contribution < -0.4 is 10.5 Å². The van der Waals surface area contributed by atoms with Crippen molar-refractivity contribution >= 4 is 43.4 Å². The number of nitrogens with zero attached hydrogens (tertiary/aromatic N) is 1. The molecule has 21 heavy (non-hydrogen) atoms. The minimum atomic E-state index is -3.73. The van der Waals surface area contributed by atoms with Crippen molar-refractivity contribution in [2.24, 2.45) is 5.73 Å². The normalized spacial score (nSPS) is 11.4. The highest BCUT2D eigenvalue weighted by atomic mass is 79.9. The van der Waals surface area contributed by atoms with E-state index in [2.05, 4.69) is 25.6 Å². The molecule has 0 radical (unpaired) electrons. The number of benzene rings is 1. The van der Waals surface area contributed by atoms with Crippen LogP contribution >= 0.6 is 27.5 Å². The van der Waals surface area contributed by atoms with Crippen LogP contribution in [0.4, 0.5) is 5.82 Å². The molecule has 1 heterocycles. The Kier molecular flexibility index (Phi) is 4.88. The Morgan fingerprint density at radius 2 is 2.10 bits per heavy atom. The van der Waals surface area contributed by atoms with Crippen LogP contribution in [-0.2, 0) is 16.6 Å². The Morgan fingerprint density at radius 1 is 1.38 bits per heavy atom. The number of nitrogens with two attached hydrogens (primary N) is 1. The van der Waals surface area contributed by atoms with Gasteiger partial charge in [-0.1, -0.05) is 11.6 Å². The first-order chi connectivity index (χ1) is 9.83. The van der Waals surface area contributed by atoms with Gasteiger partial charge >= 0.3 is 0 Å². The Bertz CT molecular complexity index is 781. The first-order valence-corrected chi connectivity index (χ1v) is 8.62. The van der Waals surface area contributed by atoms with Crippen molar-refractivity contribution in [1.29, 1.82) is 0 Å². The monoisotopic (exact) mass is 389 g/mol. The molecule has 2 aromatic rings. The van der Waals surface area contributed by atoms with Crippen LogP contribution in [0.2, 0.25) is 5.02 Å². The number of anilines is 1. The van der Waals surface area contributed by atoms with E-state index in [0.29, 0.717) is 10.6 Å². The second-order valence-corrected chi connectivity index (χ2v) is 7.33. The van der Waals surface area contributed by atoms with Gasteiger partial charge in [0.2, 0.25) is 0 Å². The van der Waals surface area contributed by atoms with Crippen LogP contribution in [0.5, 0.6) is 0 Å². The first-order valence-electron chi connectivity index (χ1n) is 5.97.